The maximum atomic E-state index is 12.7. The van der Waals surface area contributed by atoms with Gasteiger partial charge in [-0.1, -0.05) is 18.2 Å². The van der Waals surface area contributed by atoms with Crippen LogP contribution in [0.15, 0.2) is 42.5 Å². The Balaban J connectivity index is 1.77. The highest BCUT2D eigenvalue weighted by molar-refractivity contribution is 5.40. The standard InChI is InChI=1S/C16H17FO2/c17-14-8-5-12(6-9-14)3-1-2-4-13-7-10-15(18)16(19)11-13/h5-11,18-19H,1-4H2. The van der Waals surface area contributed by atoms with Crippen molar-refractivity contribution in [2.45, 2.75) is 25.7 Å². The van der Waals surface area contributed by atoms with Crippen LogP contribution in [0.5, 0.6) is 11.5 Å². The molecule has 3 heteroatoms. The van der Waals surface area contributed by atoms with Crippen molar-refractivity contribution in [2.75, 3.05) is 0 Å². The molecule has 2 nitrogen and oxygen atoms in total. The number of rotatable bonds is 5. The van der Waals surface area contributed by atoms with Crippen LogP contribution < -0.4 is 0 Å². The van der Waals surface area contributed by atoms with Crippen LogP contribution in [0.3, 0.4) is 0 Å². The van der Waals surface area contributed by atoms with E-state index < -0.39 is 0 Å². The van der Waals surface area contributed by atoms with E-state index in [9.17, 15) is 14.6 Å². The lowest BCUT2D eigenvalue weighted by Gasteiger charge is -2.04. The number of aromatic hydroxyl groups is 2. The minimum absolute atomic E-state index is 0.0731. The number of halogens is 1. The van der Waals surface area contributed by atoms with Gasteiger partial charge in [-0.2, -0.15) is 0 Å². The van der Waals surface area contributed by atoms with Gasteiger partial charge in [0.1, 0.15) is 5.82 Å². The van der Waals surface area contributed by atoms with E-state index in [1.807, 2.05) is 18.2 Å². The maximum Gasteiger partial charge on any atom is 0.157 e. The van der Waals surface area contributed by atoms with Gasteiger partial charge in [-0.15, -0.1) is 0 Å². The zero-order valence-corrected chi connectivity index (χ0v) is 10.6. The van der Waals surface area contributed by atoms with Crippen molar-refractivity contribution >= 4 is 0 Å². The Morgan fingerprint density at radius 1 is 0.737 bits per heavy atom. The monoisotopic (exact) mass is 260 g/mol. The zero-order chi connectivity index (χ0) is 13.7. The minimum atomic E-state index is -0.205. The summed E-state index contributed by atoms with van der Waals surface area (Å²) in [4.78, 5) is 0. The van der Waals surface area contributed by atoms with Crippen molar-refractivity contribution in [3.8, 4) is 11.5 Å². The lowest BCUT2D eigenvalue weighted by molar-refractivity contribution is 0.403. The average molecular weight is 260 g/mol. The molecule has 0 aliphatic rings. The summed E-state index contributed by atoms with van der Waals surface area (Å²) in [6.45, 7) is 0. The molecular weight excluding hydrogens is 243 g/mol. The van der Waals surface area contributed by atoms with Gasteiger partial charge in [0.15, 0.2) is 11.5 Å². The third kappa shape index (κ3) is 3.98. The number of hydrogen-bond donors (Lipinski definition) is 2. The minimum Gasteiger partial charge on any atom is -0.504 e. The molecule has 2 rings (SSSR count). The Labute approximate surface area is 112 Å². The predicted octanol–water partition coefficient (Wildman–Crippen LogP) is 3.80. The summed E-state index contributed by atoms with van der Waals surface area (Å²) in [6.07, 6.45) is 3.77. The van der Waals surface area contributed by atoms with Crippen LogP contribution in [-0.4, -0.2) is 10.2 Å². The van der Waals surface area contributed by atoms with E-state index in [0.29, 0.717) is 0 Å². The topological polar surface area (TPSA) is 40.5 Å². The van der Waals surface area contributed by atoms with Gasteiger partial charge in [0, 0.05) is 0 Å². The highest BCUT2D eigenvalue weighted by Gasteiger charge is 2.01. The second-order valence-corrected chi connectivity index (χ2v) is 4.66. The molecule has 19 heavy (non-hydrogen) atoms. The van der Waals surface area contributed by atoms with Gasteiger partial charge in [-0.3, -0.25) is 0 Å². The van der Waals surface area contributed by atoms with Crippen molar-refractivity contribution in [1.29, 1.82) is 0 Å². The first kappa shape index (κ1) is 13.4. The highest BCUT2D eigenvalue weighted by Crippen LogP contribution is 2.25. The second kappa shape index (κ2) is 6.23. The Morgan fingerprint density at radius 3 is 1.95 bits per heavy atom. The van der Waals surface area contributed by atoms with Gasteiger partial charge < -0.3 is 10.2 Å². The average Bonchev–Trinajstić information content (AvgIpc) is 2.41. The highest BCUT2D eigenvalue weighted by atomic mass is 19.1. The van der Waals surface area contributed by atoms with Crippen molar-refractivity contribution in [1.82, 2.24) is 0 Å². The Hall–Kier alpha value is -2.03. The Morgan fingerprint density at radius 2 is 1.32 bits per heavy atom. The van der Waals surface area contributed by atoms with Crippen LogP contribution in [0.1, 0.15) is 24.0 Å². The number of hydrogen-bond acceptors (Lipinski definition) is 2. The molecule has 2 aromatic carbocycles. The van der Waals surface area contributed by atoms with Gasteiger partial charge in [-0.25, -0.2) is 4.39 Å². The van der Waals surface area contributed by atoms with Crippen LogP contribution in [0.2, 0.25) is 0 Å². The van der Waals surface area contributed by atoms with E-state index in [0.717, 1.165) is 36.8 Å². The van der Waals surface area contributed by atoms with Crippen molar-refractivity contribution < 1.29 is 14.6 Å². The van der Waals surface area contributed by atoms with E-state index in [4.69, 9.17) is 0 Å². The molecule has 0 aromatic heterocycles. The van der Waals surface area contributed by atoms with Crippen LogP contribution in [0.25, 0.3) is 0 Å². The number of phenolic OH excluding ortho intramolecular Hbond substituents is 2. The van der Waals surface area contributed by atoms with Crippen LogP contribution in [0, 0.1) is 5.82 Å². The van der Waals surface area contributed by atoms with E-state index in [1.54, 1.807) is 6.07 Å². The Kier molecular flexibility index (Phi) is 4.39. The van der Waals surface area contributed by atoms with Crippen molar-refractivity contribution in [2.24, 2.45) is 0 Å². The van der Waals surface area contributed by atoms with E-state index in [2.05, 4.69) is 0 Å². The molecule has 100 valence electrons. The second-order valence-electron chi connectivity index (χ2n) is 4.66. The quantitative estimate of drug-likeness (QED) is 0.634. The van der Waals surface area contributed by atoms with E-state index in [1.165, 1.54) is 18.2 Å². The van der Waals surface area contributed by atoms with Gasteiger partial charge >= 0.3 is 0 Å². The van der Waals surface area contributed by atoms with Crippen LogP contribution in [0.4, 0.5) is 4.39 Å². The fourth-order valence-electron chi connectivity index (χ4n) is 2.03. The molecule has 0 saturated heterocycles. The van der Waals surface area contributed by atoms with Gasteiger partial charge in [-0.05, 0) is 61.1 Å². The number of phenols is 2. The molecule has 0 aliphatic carbocycles. The molecule has 2 aromatic rings. The lowest BCUT2D eigenvalue weighted by Crippen LogP contribution is -1.89. The fraction of sp³-hybridized carbons (Fsp3) is 0.250. The summed E-state index contributed by atoms with van der Waals surface area (Å²) in [5.74, 6) is -0.366. The molecule has 2 N–H and O–H groups in total. The van der Waals surface area contributed by atoms with Crippen LogP contribution in [-0.2, 0) is 12.8 Å². The summed E-state index contributed by atoms with van der Waals surface area (Å²) in [5.41, 5.74) is 2.14. The molecule has 0 fully saturated rings. The molecule has 0 unspecified atom stereocenters. The summed E-state index contributed by atoms with van der Waals surface area (Å²) >= 11 is 0. The van der Waals surface area contributed by atoms with Crippen molar-refractivity contribution in [3.63, 3.8) is 0 Å². The molecular formula is C16H17FO2. The molecule has 0 bridgehead atoms. The fourth-order valence-corrected chi connectivity index (χ4v) is 2.03. The first-order valence-electron chi connectivity index (χ1n) is 6.40. The van der Waals surface area contributed by atoms with Gasteiger partial charge in [0.05, 0.1) is 0 Å². The molecule has 0 heterocycles. The third-order valence-electron chi connectivity index (χ3n) is 3.13. The number of benzene rings is 2. The third-order valence-corrected chi connectivity index (χ3v) is 3.13. The van der Waals surface area contributed by atoms with Gasteiger partial charge in [0.25, 0.3) is 0 Å². The molecule has 0 amide bonds. The molecule has 0 spiro atoms. The van der Waals surface area contributed by atoms with Gasteiger partial charge in [0.2, 0.25) is 0 Å². The summed E-state index contributed by atoms with van der Waals surface area (Å²) < 4.78 is 12.7. The molecule has 0 aliphatic heterocycles. The molecule has 0 radical (unpaired) electrons. The first-order chi connectivity index (χ1) is 9.15. The summed E-state index contributed by atoms with van der Waals surface area (Å²) in [6, 6.07) is 11.5. The maximum absolute atomic E-state index is 12.7. The van der Waals surface area contributed by atoms with Crippen LogP contribution >= 0.6 is 0 Å². The van der Waals surface area contributed by atoms with Crippen molar-refractivity contribution in [3.05, 3.63) is 59.4 Å². The molecule has 0 saturated carbocycles. The molecule has 0 atom stereocenters. The lowest BCUT2D eigenvalue weighted by atomic mass is 10.0. The summed E-state index contributed by atoms with van der Waals surface area (Å²) in [5, 5.41) is 18.6. The van der Waals surface area contributed by atoms with E-state index in [-0.39, 0.29) is 17.3 Å². The largest absolute Gasteiger partial charge is 0.504 e. The normalized spacial score (nSPS) is 10.6. The predicted molar refractivity (Wildman–Crippen MR) is 72.8 cm³/mol. The smallest absolute Gasteiger partial charge is 0.157 e. The van der Waals surface area contributed by atoms with E-state index >= 15 is 0 Å². The SMILES string of the molecule is Oc1ccc(CCCCc2ccc(F)cc2)cc1O. The Bertz CT molecular complexity index is 535. The number of unbranched alkanes of at least 4 members (excludes halogenated alkanes) is 1. The first-order valence-corrected chi connectivity index (χ1v) is 6.40. The zero-order valence-electron chi connectivity index (χ0n) is 10.6. The summed E-state index contributed by atoms with van der Waals surface area (Å²) in [7, 11) is 0. The number of aryl methyl sites for hydroxylation is 2.